The average Bonchev–Trinajstić information content (AvgIpc) is 3.28. The molecule has 1 heterocycles. The zero-order valence-electron chi connectivity index (χ0n) is 15.2. The molecule has 2 aliphatic carbocycles. The van der Waals surface area contributed by atoms with E-state index < -0.39 is 5.97 Å². The van der Waals surface area contributed by atoms with Gasteiger partial charge in [-0.2, -0.15) is 0 Å². The van der Waals surface area contributed by atoms with E-state index in [9.17, 15) is 9.18 Å². The largest absolute Gasteiger partial charge is 0.480 e. The number of nitrogens with one attached hydrogen (secondary N) is 1. The number of nitrogens with zero attached hydrogens (tertiary/aromatic N) is 1. The Morgan fingerprint density at radius 1 is 1.19 bits per heavy atom. The summed E-state index contributed by atoms with van der Waals surface area (Å²) < 4.78 is 13.1. The van der Waals surface area contributed by atoms with Gasteiger partial charge in [-0.05, 0) is 61.4 Å². The Kier molecular flexibility index (Phi) is 5.57. The molecule has 2 saturated carbocycles. The Labute approximate surface area is 163 Å². The molecule has 0 spiro atoms. The van der Waals surface area contributed by atoms with E-state index in [4.69, 9.17) is 5.11 Å². The van der Waals surface area contributed by atoms with E-state index in [0.717, 1.165) is 36.4 Å². The van der Waals surface area contributed by atoms with Crippen molar-refractivity contribution in [1.82, 2.24) is 10.2 Å². The molecule has 2 N–H and O–H groups in total. The summed E-state index contributed by atoms with van der Waals surface area (Å²) in [6.45, 7) is 1.93. The predicted molar refractivity (Wildman–Crippen MR) is 105 cm³/mol. The normalized spacial score (nSPS) is 22.0. The molecule has 0 aliphatic heterocycles. The maximum Gasteiger partial charge on any atom is 0.317 e. The van der Waals surface area contributed by atoms with Crippen molar-refractivity contribution in [2.45, 2.75) is 44.3 Å². The van der Waals surface area contributed by atoms with Gasteiger partial charge < -0.3 is 10.4 Å². The fourth-order valence-electron chi connectivity index (χ4n) is 3.69. The Balaban J connectivity index is 1.24. The first-order valence-electron chi connectivity index (χ1n) is 9.60. The third-order valence-corrected chi connectivity index (χ3v) is 6.65. The lowest BCUT2D eigenvalue weighted by Crippen LogP contribution is -2.54. The summed E-state index contributed by atoms with van der Waals surface area (Å²) in [5.74, 6) is -0.221. The number of hydrogen-bond acceptors (Lipinski definition) is 4. The van der Waals surface area contributed by atoms with Crippen LogP contribution in [0.25, 0.3) is 10.4 Å². The molecule has 2 fully saturated rings. The molecule has 0 saturated heterocycles. The molecule has 27 heavy (non-hydrogen) atoms. The van der Waals surface area contributed by atoms with Crippen LogP contribution >= 0.6 is 11.3 Å². The molecule has 0 radical (unpaired) electrons. The number of carbonyl (C=O) groups is 1. The topological polar surface area (TPSA) is 52.6 Å². The number of thiophene rings is 1. The lowest BCUT2D eigenvalue weighted by molar-refractivity contribution is -0.139. The van der Waals surface area contributed by atoms with Gasteiger partial charge in [-0.15, -0.1) is 11.3 Å². The molecular weight excluding hydrogens is 363 g/mol. The van der Waals surface area contributed by atoms with Gasteiger partial charge in [0, 0.05) is 34.9 Å². The van der Waals surface area contributed by atoms with Gasteiger partial charge >= 0.3 is 5.97 Å². The second-order valence-electron chi connectivity index (χ2n) is 7.74. The van der Waals surface area contributed by atoms with Crippen LogP contribution in [0.1, 0.15) is 30.6 Å². The van der Waals surface area contributed by atoms with Crippen LogP contribution in [0.4, 0.5) is 4.39 Å². The zero-order valence-corrected chi connectivity index (χ0v) is 16.1. The highest BCUT2D eigenvalue weighted by Gasteiger charge is 2.36. The smallest absolute Gasteiger partial charge is 0.317 e. The predicted octanol–water partition coefficient (Wildman–Crippen LogP) is 3.97. The van der Waals surface area contributed by atoms with Crippen molar-refractivity contribution < 1.29 is 14.3 Å². The van der Waals surface area contributed by atoms with E-state index in [1.54, 1.807) is 11.3 Å². The van der Waals surface area contributed by atoms with Gasteiger partial charge in [-0.1, -0.05) is 12.1 Å². The Bertz CT molecular complexity index is 782. The molecule has 1 aromatic carbocycles. The second kappa shape index (κ2) is 8.09. The van der Waals surface area contributed by atoms with E-state index in [-0.39, 0.29) is 12.4 Å². The molecule has 6 heteroatoms. The van der Waals surface area contributed by atoms with E-state index in [1.807, 2.05) is 12.1 Å². The van der Waals surface area contributed by atoms with Crippen LogP contribution in [-0.2, 0) is 11.3 Å². The summed E-state index contributed by atoms with van der Waals surface area (Å²) in [6.07, 6.45) is 4.55. The molecule has 0 atom stereocenters. The molecule has 1 aromatic heterocycles. The molecular formula is C21H25FN2O2S. The summed E-state index contributed by atoms with van der Waals surface area (Å²) in [7, 11) is 0. The van der Waals surface area contributed by atoms with Gasteiger partial charge in [0.2, 0.25) is 0 Å². The van der Waals surface area contributed by atoms with Crippen LogP contribution in [0, 0.1) is 11.7 Å². The summed E-state index contributed by atoms with van der Waals surface area (Å²) >= 11 is 1.73. The van der Waals surface area contributed by atoms with Gasteiger partial charge in [0.25, 0.3) is 0 Å². The van der Waals surface area contributed by atoms with Crippen LogP contribution in [0.15, 0.2) is 36.4 Å². The van der Waals surface area contributed by atoms with E-state index in [2.05, 4.69) is 22.3 Å². The van der Waals surface area contributed by atoms with Crippen molar-refractivity contribution in [3.63, 3.8) is 0 Å². The Morgan fingerprint density at radius 3 is 2.59 bits per heavy atom. The first-order chi connectivity index (χ1) is 13.1. The van der Waals surface area contributed by atoms with Gasteiger partial charge in [0.15, 0.2) is 0 Å². The van der Waals surface area contributed by atoms with Crippen molar-refractivity contribution in [2.24, 2.45) is 5.92 Å². The highest BCUT2D eigenvalue weighted by molar-refractivity contribution is 7.15. The van der Waals surface area contributed by atoms with E-state index in [1.165, 1.54) is 29.9 Å². The second-order valence-corrected chi connectivity index (χ2v) is 8.91. The minimum absolute atomic E-state index is 0.167. The van der Waals surface area contributed by atoms with Gasteiger partial charge in [0.05, 0.1) is 6.54 Å². The van der Waals surface area contributed by atoms with Gasteiger partial charge in [0.1, 0.15) is 5.82 Å². The maximum atomic E-state index is 13.1. The third-order valence-electron chi connectivity index (χ3n) is 5.51. The minimum Gasteiger partial charge on any atom is -0.480 e. The Morgan fingerprint density at radius 2 is 1.93 bits per heavy atom. The minimum atomic E-state index is -0.723. The molecule has 144 valence electrons. The summed E-state index contributed by atoms with van der Waals surface area (Å²) in [5, 5.41) is 12.7. The van der Waals surface area contributed by atoms with Crippen molar-refractivity contribution >= 4 is 17.3 Å². The summed E-state index contributed by atoms with van der Waals surface area (Å²) in [6, 6.07) is 11.7. The third kappa shape index (κ3) is 4.94. The van der Waals surface area contributed by atoms with Gasteiger partial charge in [-0.25, -0.2) is 4.39 Å². The number of halogens is 1. The first-order valence-corrected chi connectivity index (χ1v) is 10.4. The van der Waals surface area contributed by atoms with Crippen molar-refractivity contribution in [2.75, 3.05) is 13.1 Å². The standard InChI is InChI=1S/C21H25FN2O2S/c22-16-5-3-15(4-6-16)20-8-7-19(27-20)11-23-17-9-18(10-17)24(13-21(25)26)12-14-1-2-14/h3-8,14,17-18,23H,1-2,9-13H2,(H,25,26). The molecule has 0 unspecified atom stereocenters. The summed E-state index contributed by atoms with van der Waals surface area (Å²) in [5.41, 5.74) is 1.04. The van der Waals surface area contributed by atoms with Crippen LogP contribution < -0.4 is 5.32 Å². The molecule has 2 aliphatic rings. The lowest BCUT2D eigenvalue weighted by atomic mass is 9.85. The Hall–Kier alpha value is -1.76. The molecule has 2 aromatic rings. The first kappa shape index (κ1) is 18.6. The fourth-order valence-corrected chi connectivity index (χ4v) is 4.65. The van der Waals surface area contributed by atoms with E-state index in [0.29, 0.717) is 18.0 Å². The number of aliphatic carboxylic acids is 1. The average molecular weight is 389 g/mol. The number of benzene rings is 1. The zero-order chi connectivity index (χ0) is 18.8. The molecule has 0 amide bonds. The van der Waals surface area contributed by atoms with Crippen LogP contribution in [0.2, 0.25) is 0 Å². The van der Waals surface area contributed by atoms with Crippen LogP contribution in [-0.4, -0.2) is 41.1 Å². The summed E-state index contributed by atoms with van der Waals surface area (Å²) in [4.78, 5) is 15.7. The SMILES string of the molecule is O=C(O)CN(CC1CC1)C1CC(NCc2ccc(-c3ccc(F)cc3)s2)C1. The van der Waals surface area contributed by atoms with Gasteiger partial charge in [-0.3, -0.25) is 9.69 Å². The molecule has 4 rings (SSSR count). The molecule has 0 bridgehead atoms. The highest BCUT2D eigenvalue weighted by atomic mass is 32.1. The highest BCUT2D eigenvalue weighted by Crippen LogP contribution is 2.34. The maximum absolute atomic E-state index is 13.1. The van der Waals surface area contributed by atoms with E-state index >= 15 is 0 Å². The van der Waals surface area contributed by atoms with Crippen molar-refractivity contribution in [3.05, 3.63) is 47.1 Å². The lowest BCUT2D eigenvalue weighted by Gasteiger charge is -2.43. The number of carboxylic acids is 1. The van der Waals surface area contributed by atoms with Crippen molar-refractivity contribution in [1.29, 1.82) is 0 Å². The van der Waals surface area contributed by atoms with Crippen LogP contribution in [0.5, 0.6) is 0 Å². The number of hydrogen-bond donors (Lipinski definition) is 2. The van der Waals surface area contributed by atoms with Crippen LogP contribution in [0.3, 0.4) is 0 Å². The quantitative estimate of drug-likeness (QED) is 0.682. The number of carboxylic acid groups (broad SMARTS) is 1. The number of rotatable bonds is 9. The van der Waals surface area contributed by atoms with Crippen molar-refractivity contribution in [3.8, 4) is 10.4 Å². The monoisotopic (exact) mass is 388 g/mol. The molecule has 4 nitrogen and oxygen atoms in total. The fraction of sp³-hybridized carbons (Fsp3) is 0.476.